The molecule has 0 bridgehead atoms. The van der Waals surface area contributed by atoms with E-state index in [4.69, 9.17) is 4.74 Å². The lowest BCUT2D eigenvalue weighted by molar-refractivity contribution is 0.0906. The summed E-state index contributed by atoms with van der Waals surface area (Å²) in [5.41, 5.74) is 4.05. The normalized spacial score (nSPS) is 19.5. The number of aromatic nitrogens is 5. The quantitative estimate of drug-likeness (QED) is 0.612. The molecule has 3 heterocycles. The summed E-state index contributed by atoms with van der Waals surface area (Å²) < 4.78 is 7.66. The number of hydrogen-bond donors (Lipinski definition) is 1. The highest BCUT2D eigenvalue weighted by Crippen LogP contribution is 2.27. The molecule has 3 aromatic rings. The Bertz CT molecular complexity index is 1140. The third kappa shape index (κ3) is 4.34. The van der Waals surface area contributed by atoms with Crippen molar-refractivity contribution in [2.24, 2.45) is 0 Å². The molecule has 0 unspecified atom stereocenters. The fraction of sp³-hybridized carbons (Fsp3) is 0.583. The fourth-order valence-corrected chi connectivity index (χ4v) is 5.13. The third-order valence-corrected chi connectivity index (χ3v) is 7.19. The Morgan fingerprint density at radius 2 is 2.00 bits per heavy atom. The number of nitrogens with zero attached hydrogens (tertiary/aromatic N) is 5. The molecule has 8 heteroatoms. The molecule has 1 aliphatic heterocycles. The molecule has 5 rings (SSSR count). The number of fused-ring (bicyclic) bond motifs is 1. The average Bonchev–Trinajstić information content (AvgIpc) is 3.56. The average molecular weight is 437 g/mol. The first-order valence-electron chi connectivity index (χ1n) is 11.8. The summed E-state index contributed by atoms with van der Waals surface area (Å²) in [6.07, 6.45) is 7.10. The topological polar surface area (TPSA) is 88.9 Å². The Hall–Kier alpha value is -2.58. The predicted octanol–water partition coefficient (Wildman–Crippen LogP) is 3.26. The van der Waals surface area contributed by atoms with Crippen LogP contribution in [0.5, 0.6) is 0 Å². The molecular weight excluding hydrogens is 404 g/mol. The monoisotopic (exact) mass is 436 g/mol. The maximum absolute atomic E-state index is 13.0. The Morgan fingerprint density at radius 3 is 2.78 bits per heavy atom. The Kier molecular flexibility index (Phi) is 6.06. The lowest BCUT2D eigenvalue weighted by Gasteiger charge is -2.28. The summed E-state index contributed by atoms with van der Waals surface area (Å²) in [6, 6.07) is 6.71. The van der Waals surface area contributed by atoms with Crippen LogP contribution in [0.1, 0.15) is 61.0 Å². The van der Waals surface area contributed by atoms with E-state index in [1.165, 1.54) is 18.4 Å². The Labute approximate surface area is 188 Å². The van der Waals surface area contributed by atoms with E-state index < -0.39 is 0 Å². The van der Waals surface area contributed by atoms with Crippen molar-refractivity contribution in [3.63, 3.8) is 0 Å². The van der Waals surface area contributed by atoms with E-state index in [1.807, 2.05) is 4.68 Å². The van der Waals surface area contributed by atoms with E-state index in [-0.39, 0.29) is 11.7 Å². The van der Waals surface area contributed by atoms with Gasteiger partial charge < -0.3 is 9.72 Å². The van der Waals surface area contributed by atoms with E-state index in [0.717, 1.165) is 60.1 Å². The minimum Gasteiger partial charge on any atom is -0.376 e. The molecule has 1 N–H and O–H groups in total. The molecule has 1 saturated carbocycles. The molecule has 1 atom stereocenters. The number of aromatic amines is 1. The first-order chi connectivity index (χ1) is 15.6. The van der Waals surface area contributed by atoms with Gasteiger partial charge in [0.2, 0.25) is 0 Å². The summed E-state index contributed by atoms with van der Waals surface area (Å²) in [6.45, 7) is 6.87. The molecule has 1 aromatic carbocycles. The van der Waals surface area contributed by atoms with Crippen LogP contribution in [0, 0.1) is 13.8 Å². The van der Waals surface area contributed by atoms with Crippen LogP contribution in [0.4, 0.5) is 0 Å². The van der Waals surface area contributed by atoms with Gasteiger partial charge in [0.05, 0.1) is 24.7 Å². The van der Waals surface area contributed by atoms with Crippen molar-refractivity contribution in [1.29, 1.82) is 0 Å². The van der Waals surface area contributed by atoms with Crippen LogP contribution in [0.3, 0.4) is 0 Å². The molecule has 8 nitrogen and oxygen atoms in total. The SMILES string of the molecule is Cc1ccc2cc(CN(Cc3nnnn3C[C@H]3CCCO3)C3CCCC3)c(=O)[nH]c2c1C. The number of rotatable bonds is 7. The second-order valence-corrected chi connectivity index (χ2v) is 9.35. The number of nitrogens with one attached hydrogen (secondary N) is 1. The number of pyridine rings is 1. The molecule has 2 aromatic heterocycles. The van der Waals surface area contributed by atoms with Gasteiger partial charge in [-0.15, -0.1) is 5.10 Å². The zero-order valence-electron chi connectivity index (χ0n) is 19.0. The second-order valence-electron chi connectivity index (χ2n) is 9.35. The van der Waals surface area contributed by atoms with Gasteiger partial charge in [-0.3, -0.25) is 9.69 Å². The highest BCUT2D eigenvalue weighted by Gasteiger charge is 2.26. The third-order valence-electron chi connectivity index (χ3n) is 7.19. The van der Waals surface area contributed by atoms with Gasteiger partial charge >= 0.3 is 0 Å². The number of H-pyrrole nitrogens is 1. The van der Waals surface area contributed by atoms with Gasteiger partial charge in [-0.05, 0) is 72.5 Å². The van der Waals surface area contributed by atoms with Crippen molar-refractivity contribution < 1.29 is 4.74 Å². The molecule has 32 heavy (non-hydrogen) atoms. The van der Waals surface area contributed by atoms with Crippen molar-refractivity contribution in [1.82, 2.24) is 30.1 Å². The summed E-state index contributed by atoms with van der Waals surface area (Å²) in [7, 11) is 0. The maximum Gasteiger partial charge on any atom is 0.252 e. The van der Waals surface area contributed by atoms with Crippen LogP contribution in [0.15, 0.2) is 23.0 Å². The van der Waals surface area contributed by atoms with Gasteiger partial charge in [0.15, 0.2) is 5.82 Å². The molecule has 170 valence electrons. The number of benzene rings is 1. The summed E-state index contributed by atoms with van der Waals surface area (Å²) >= 11 is 0. The standard InChI is InChI=1S/C24H32N6O2/c1-16-9-10-18-12-19(24(31)25-23(18)17(16)2)13-29(20-6-3-4-7-20)15-22-26-27-28-30(22)14-21-8-5-11-32-21/h9-10,12,20-21H,3-8,11,13-15H2,1-2H3,(H,25,31)/t21-/m1/s1. The van der Waals surface area contributed by atoms with Crippen molar-refractivity contribution in [3.05, 3.63) is 51.1 Å². The lowest BCUT2D eigenvalue weighted by atomic mass is 10.0. The van der Waals surface area contributed by atoms with Gasteiger partial charge in [-0.2, -0.15) is 0 Å². The summed E-state index contributed by atoms with van der Waals surface area (Å²) in [4.78, 5) is 18.5. The van der Waals surface area contributed by atoms with Gasteiger partial charge in [0.25, 0.3) is 5.56 Å². The molecule has 1 aliphatic carbocycles. The van der Waals surface area contributed by atoms with Gasteiger partial charge in [-0.1, -0.05) is 25.0 Å². The summed E-state index contributed by atoms with van der Waals surface area (Å²) in [5, 5.41) is 13.6. The fourth-order valence-electron chi connectivity index (χ4n) is 5.13. The van der Waals surface area contributed by atoms with Crippen LogP contribution >= 0.6 is 0 Å². The van der Waals surface area contributed by atoms with Crippen LogP contribution in [0.2, 0.25) is 0 Å². The van der Waals surface area contributed by atoms with Crippen LogP contribution < -0.4 is 5.56 Å². The maximum atomic E-state index is 13.0. The largest absolute Gasteiger partial charge is 0.376 e. The first kappa shape index (κ1) is 21.3. The second kappa shape index (κ2) is 9.11. The minimum absolute atomic E-state index is 0.00635. The predicted molar refractivity (Wildman–Crippen MR) is 122 cm³/mol. The Balaban J connectivity index is 1.41. The number of hydrogen-bond acceptors (Lipinski definition) is 6. The molecule has 1 saturated heterocycles. The molecular formula is C24H32N6O2. The van der Waals surface area contributed by atoms with Crippen LogP contribution in [-0.4, -0.2) is 48.8 Å². The van der Waals surface area contributed by atoms with Crippen LogP contribution in [-0.2, 0) is 24.4 Å². The molecule has 0 amide bonds. The Morgan fingerprint density at radius 1 is 1.16 bits per heavy atom. The summed E-state index contributed by atoms with van der Waals surface area (Å²) in [5.74, 6) is 0.844. The van der Waals surface area contributed by atoms with Gasteiger partial charge in [-0.25, -0.2) is 4.68 Å². The van der Waals surface area contributed by atoms with Gasteiger partial charge in [0.1, 0.15) is 0 Å². The zero-order chi connectivity index (χ0) is 22.1. The van der Waals surface area contributed by atoms with Crippen LogP contribution in [0.25, 0.3) is 10.9 Å². The van der Waals surface area contributed by atoms with Crippen molar-refractivity contribution in [2.75, 3.05) is 6.61 Å². The highest BCUT2D eigenvalue weighted by atomic mass is 16.5. The van der Waals surface area contributed by atoms with E-state index >= 15 is 0 Å². The zero-order valence-corrected chi connectivity index (χ0v) is 19.0. The van der Waals surface area contributed by atoms with Crippen molar-refractivity contribution in [2.45, 2.75) is 84.2 Å². The molecule has 0 spiro atoms. The van der Waals surface area contributed by atoms with E-state index in [0.29, 0.717) is 25.7 Å². The van der Waals surface area contributed by atoms with E-state index in [2.05, 4.69) is 57.5 Å². The smallest absolute Gasteiger partial charge is 0.252 e. The van der Waals surface area contributed by atoms with Crippen molar-refractivity contribution >= 4 is 10.9 Å². The number of aryl methyl sites for hydroxylation is 2. The number of tetrazole rings is 1. The van der Waals surface area contributed by atoms with E-state index in [9.17, 15) is 4.79 Å². The first-order valence-corrected chi connectivity index (χ1v) is 11.8. The molecule has 0 radical (unpaired) electrons. The lowest BCUT2D eigenvalue weighted by Crippen LogP contribution is -2.35. The number of ether oxygens (including phenoxy) is 1. The minimum atomic E-state index is -0.00635. The molecule has 2 aliphatic rings. The van der Waals surface area contributed by atoms with E-state index in [1.54, 1.807) is 0 Å². The molecule has 2 fully saturated rings. The van der Waals surface area contributed by atoms with Gasteiger partial charge in [0, 0.05) is 24.8 Å². The van der Waals surface area contributed by atoms with Crippen molar-refractivity contribution in [3.8, 4) is 0 Å². The highest BCUT2D eigenvalue weighted by molar-refractivity contribution is 5.83.